The molecule has 4 heteroatoms. The molecule has 0 amide bonds. The van der Waals surface area contributed by atoms with Gasteiger partial charge < -0.3 is 6.92 Å². The number of unbranched alkanes of at least 4 members (excludes halogenated alkanes) is 2. The Kier molecular flexibility index (Phi) is 9.85. The summed E-state index contributed by atoms with van der Waals surface area (Å²) in [5.41, 5.74) is 0. The van der Waals surface area contributed by atoms with Crippen LogP contribution in [-0.2, 0) is 17.1 Å². The minimum atomic E-state index is -1.06. The number of halogens is 3. The second-order valence-corrected chi connectivity index (χ2v) is 4.44. The van der Waals surface area contributed by atoms with Crippen molar-refractivity contribution in [2.75, 3.05) is 0 Å². The fourth-order valence-corrected chi connectivity index (χ4v) is 0.903. The molecule has 0 N–H and O–H groups in total. The van der Waals surface area contributed by atoms with Crippen LogP contribution in [0.2, 0.25) is 0 Å². The van der Waals surface area contributed by atoms with Gasteiger partial charge in [0.1, 0.15) is 0 Å². The molecule has 0 aliphatic rings. The van der Waals surface area contributed by atoms with Crippen molar-refractivity contribution in [1.29, 1.82) is 0 Å². The fourth-order valence-electron chi connectivity index (χ4n) is 0.502. The average Bonchev–Trinajstić information content (AvgIpc) is 1.63. The summed E-state index contributed by atoms with van der Waals surface area (Å²) < 4.78 is -1.06. The SMILES string of the molecule is [CH2-]CCCCC(Cl)(Cl)Cl.[Fe]. The van der Waals surface area contributed by atoms with Crippen LogP contribution in [0.3, 0.4) is 0 Å². The first-order valence-corrected chi connectivity index (χ1v) is 4.05. The minimum Gasteiger partial charge on any atom is -0.343 e. The van der Waals surface area contributed by atoms with E-state index < -0.39 is 3.79 Å². The molecule has 0 saturated carbocycles. The summed E-state index contributed by atoms with van der Waals surface area (Å²) in [4.78, 5) is 0. The van der Waals surface area contributed by atoms with Crippen molar-refractivity contribution in [2.24, 2.45) is 0 Å². The van der Waals surface area contributed by atoms with Crippen LogP contribution in [0.4, 0.5) is 0 Å². The van der Waals surface area contributed by atoms with Gasteiger partial charge in [-0.3, -0.25) is 0 Å². The van der Waals surface area contributed by atoms with E-state index >= 15 is 0 Å². The first-order chi connectivity index (χ1) is 4.06. The van der Waals surface area contributed by atoms with Crippen LogP contribution in [0.15, 0.2) is 0 Å². The van der Waals surface area contributed by atoms with Crippen LogP contribution < -0.4 is 0 Å². The van der Waals surface area contributed by atoms with Crippen LogP contribution in [-0.4, -0.2) is 3.79 Å². The maximum Gasteiger partial charge on any atom is 0.190 e. The van der Waals surface area contributed by atoms with Gasteiger partial charge in [-0.2, -0.15) is 6.42 Å². The number of hydrogen-bond acceptors (Lipinski definition) is 0. The van der Waals surface area contributed by atoms with E-state index in [1.807, 2.05) is 0 Å². The van der Waals surface area contributed by atoms with Crippen molar-refractivity contribution in [3.8, 4) is 0 Å². The summed E-state index contributed by atoms with van der Waals surface area (Å²) in [6.07, 6.45) is 3.53. The third-order valence-corrected chi connectivity index (χ3v) is 1.53. The third kappa shape index (κ3) is 12.1. The van der Waals surface area contributed by atoms with Crippen molar-refractivity contribution < 1.29 is 17.1 Å². The Morgan fingerprint density at radius 1 is 1.10 bits per heavy atom. The summed E-state index contributed by atoms with van der Waals surface area (Å²) in [5, 5.41) is 0. The summed E-state index contributed by atoms with van der Waals surface area (Å²) >= 11 is 16.4. The van der Waals surface area contributed by atoms with Crippen molar-refractivity contribution in [1.82, 2.24) is 0 Å². The van der Waals surface area contributed by atoms with Gasteiger partial charge in [-0.1, -0.05) is 47.6 Å². The maximum atomic E-state index is 5.48. The molecule has 0 aliphatic heterocycles. The van der Waals surface area contributed by atoms with Crippen LogP contribution in [0, 0.1) is 6.92 Å². The molecule has 0 radical (unpaired) electrons. The Balaban J connectivity index is 0. The van der Waals surface area contributed by atoms with Gasteiger partial charge in [0.05, 0.1) is 0 Å². The molecule has 0 saturated heterocycles. The zero-order chi connectivity index (χ0) is 7.33. The van der Waals surface area contributed by atoms with Crippen molar-refractivity contribution in [3.63, 3.8) is 0 Å². The Labute approximate surface area is 88.1 Å². The van der Waals surface area contributed by atoms with E-state index in [1.165, 1.54) is 0 Å². The van der Waals surface area contributed by atoms with Crippen LogP contribution in [0.1, 0.15) is 25.7 Å². The molecule has 0 heterocycles. The average molecular weight is 244 g/mol. The van der Waals surface area contributed by atoms with E-state index in [0.717, 1.165) is 19.3 Å². The van der Waals surface area contributed by atoms with E-state index in [-0.39, 0.29) is 17.1 Å². The van der Waals surface area contributed by atoms with Gasteiger partial charge >= 0.3 is 0 Å². The van der Waals surface area contributed by atoms with Crippen LogP contribution in [0.5, 0.6) is 0 Å². The monoisotopic (exact) mass is 243 g/mol. The van der Waals surface area contributed by atoms with Gasteiger partial charge in [0.2, 0.25) is 0 Å². The molecule has 0 aromatic rings. The zero-order valence-electron chi connectivity index (χ0n) is 5.52. The summed E-state index contributed by atoms with van der Waals surface area (Å²) in [5.74, 6) is 0. The zero-order valence-corrected chi connectivity index (χ0v) is 8.89. The maximum absolute atomic E-state index is 5.48. The van der Waals surface area contributed by atoms with Crippen LogP contribution >= 0.6 is 34.8 Å². The van der Waals surface area contributed by atoms with E-state index in [0.29, 0.717) is 6.42 Å². The molecule has 64 valence electrons. The van der Waals surface area contributed by atoms with Crippen molar-refractivity contribution >= 4 is 34.8 Å². The molecule has 0 aromatic carbocycles. The molecule has 0 bridgehead atoms. The van der Waals surface area contributed by atoms with Gasteiger partial charge in [-0.15, -0.1) is 0 Å². The van der Waals surface area contributed by atoms with Gasteiger partial charge in [0.15, 0.2) is 3.79 Å². The molecule has 10 heavy (non-hydrogen) atoms. The molecule has 0 nitrogen and oxygen atoms in total. The van der Waals surface area contributed by atoms with Crippen molar-refractivity contribution in [2.45, 2.75) is 29.5 Å². The van der Waals surface area contributed by atoms with Gasteiger partial charge in [-0.05, 0) is 6.42 Å². The molecular formula is C6H10Cl3Fe-. The smallest absolute Gasteiger partial charge is 0.190 e. The topological polar surface area (TPSA) is 0 Å². The predicted molar refractivity (Wildman–Crippen MR) is 44.1 cm³/mol. The molecule has 0 spiro atoms. The Hall–Kier alpha value is 1.39. The first-order valence-electron chi connectivity index (χ1n) is 2.92. The van der Waals surface area contributed by atoms with E-state index in [9.17, 15) is 0 Å². The number of alkyl halides is 3. The standard InChI is InChI=1S/C6H10Cl3.Fe/c1-2-3-4-5-6(7,8)9;/h1-5H2;/q-1;. The molecule has 0 aromatic heterocycles. The number of hydrogen-bond donors (Lipinski definition) is 0. The summed E-state index contributed by atoms with van der Waals surface area (Å²) in [6.45, 7) is 3.68. The van der Waals surface area contributed by atoms with Crippen LogP contribution in [0.25, 0.3) is 0 Å². The number of rotatable bonds is 3. The molecule has 0 rings (SSSR count). The molecule has 0 aliphatic carbocycles. The quantitative estimate of drug-likeness (QED) is 0.307. The molecular weight excluding hydrogens is 234 g/mol. The fraction of sp³-hybridized carbons (Fsp3) is 0.833. The van der Waals surface area contributed by atoms with Gasteiger partial charge in [0.25, 0.3) is 0 Å². The minimum absolute atomic E-state index is 0. The Morgan fingerprint density at radius 3 is 1.90 bits per heavy atom. The first kappa shape index (κ1) is 13.9. The molecule has 0 fully saturated rings. The van der Waals surface area contributed by atoms with E-state index in [2.05, 4.69) is 6.92 Å². The summed E-state index contributed by atoms with van der Waals surface area (Å²) in [6, 6.07) is 0. The molecule has 0 atom stereocenters. The van der Waals surface area contributed by atoms with E-state index in [4.69, 9.17) is 34.8 Å². The molecule has 0 unspecified atom stereocenters. The summed E-state index contributed by atoms with van der Waals surface area (Å²) in [7, 11) is 0. The largest absolute Gasteiger partial charge is 0.343 e. The third-order valence-electron chi connectivity index (χ3n) is 0.960. The Morgan fingerprint density at radius 2 is 1.60 bits per heavy atom. The second kappa shape index (κ2) is 7.06. The van der Waals surface area contributed by atoms with Crippen molar-refractivity contribution in [3.05, 3.63) is 6.92 Å². The normalized spacial score (nSPS) is 10.8. The van der Waals surface area contributed by atoms with Gasteiger partial charge in [0, 0.05) is 17.1 Å². The Bertz CT molecular complexity index is 69.9. The predicted octanol–water partition coefficient (Wildman–Crippen LogP) is 3.75. The van der Waals surface area contributed by atoms with Gasteiger partial charge in [-0.25, -0.2) is 0 Å². The second-order valence-electron chi connectivity index (χ2n) is 1.93. The van der Waals surface area contributed by atoms with E-state index in [1.54, 1.807) is 0 Å².